The number of methoxy groups -OCH3 is 1. The summed E-state index contributed by atoms with van der Waals surface area (Å²) in [6.07, 6.45) is 1.23. The molecule has 0 aliphatic heterocycles. The monoisotopic (exact) mass is 591 g/mol. The summed E-state index contributed by atoms with van der Waals surface area (Å²) < 4.78 is 32.3. The second kappa shape index (κ2) is 13.2. The van der Waals surface area contributed by atoms with E-state index in [2.05, 4.69) is 5.32 Å². The van der Waals surface area contributed by atoms with E-state index in [-0.39, 0.29) is 18.7 Å². The van der Waals surface area contributed by atoms with Crippen LogP contribution >= 0.6 is 23.2 Å². The molecule has 208 valence electrons. The van der Waals surface area contributed by atoms with Gasteiger partial charge in [0.15, 0.2) is 0 Å². The topological polar surface area (TPSA) is 96.0 Å². The average molecular weight is 593 g/mol. The Labute approximate surface area is 239 Å². The standard InChI is InChI=1S/C28H31Cl2N3O5S/c1-19-10-13-26(38-3)24(14-19)33(39(4,36)37)18-27(34)32(17-21-11-12-22(29)23(30)15-21)25(28(35)31-2)16-20-8-6-5-7-9-20/h5-15,25H,16-18H2,1-4H3,(H,31,35)/t25-/m1/s1. The number of carbonyl (C=O) groups is 2. The van der Waals surface area contributed by atoms with Crippen LogP contribution in [0.1, 0.15) is 16.7 Å². The van der Waals surface area contributed by atoms with Crippen LogP contribution in [-0.2, 0) is 32.6 Å². The third-order valence-corrected chi connectivity index (χ3v) is 8.00. The number of amides is 2. The maximum atomic E-state index is 14.0. The van der Waals surface area contributed by atoms with Gasteiger partial charge >= 0.3 is 0 Å². The van der Waals surface area contributed by atoms with E-state index in [9.17, 15) is 18.0 Å². The van der Waals surface area contributed by atoms with Gasteiger partial charge in [-0.05, 0) is 47.9 Å². The minimum absolute atomic E-state index is 0.0107. The quantitative estimate of drug-likeness (QED) is 0.355. The Kier molecular flexibility index (Phi) is 10.2. The van der Waals surface area contributed by atoms with Crippen molar-refractivity contribution in [2.75, 3.05) is 31.3 Å². The fourth-order valence-corrected chi connectivity index (χ4v) is 5.31. The first kappa shape index (κ1) is 30.3. The van der Waals surface area contributed by atoms with Gasteiger partial charge in [-0.2, -0.15) is 0 Å². The molecule has 11 heteroatoms. The van der Waals surface area contributed by atoms with E-state index in [1.54, 1.807) is 36.4 Å². The average Bonchev–Trinajstić information content (AvgIpc) is 2.90. The van der Waals surface area contributed by atoms with Crippen LogP contribution in [0.15, 0.2) is 66.7 Å². The fourth-order valence-electron chi connectivity index (χ4n) is 4.14. The van der Waals surface area contributed by atoms with Crippen LogP contribution < -0.4 is 14.4 Å². The third kappa shape index (κ3) is 7.88. The lowest BCUT2D eigenvalue weighted by Crippen LogP contribution is -2.52. The minimum Gasteiger partial charge on any atom is -0.495 e. The van der Waals surface area contributed by atoms with Crippen LogP contribution in [0.3, 0.4) is 0 Å². The molecular weight excluding hydrogens is 561 g/mol. The summed E-state index contributed by atoms with van der Waals surface area (Å²) in [5, 5.41) is 3.28. The maximum Gasteiger partial charge on any atom is 0.244 e. The second-order valence-electron chi connectivity index (χ2n) is 9.03. The van der Waals surface area contributed by atoms with Crippen molar-refractivity contribution in [2.45, 2.75) is 25.9 Å². The van der Waals surface area contributed by atoms with Crippen molar-refractivity contribution in [3.8, 4) is 5.75 Å². The van der Waals surface area contributed by atoms with Gasteiger partial charge in [0, 0.05) is 20.0 Å². The summed E-state index contributed by atoms with van der Waals surface area (Å²) in [5.41, 5.74) is 2.46. The number of anilines is 1. The largest absolute Gasteiger partial charge is 0.495 e. The predicted octanol–water partition coefficient (Wildman–Crippen LogP) is 4.46. The van der Waals surface area contributed by atoms with Crippen molar-refractivity contribution < 1.29 is 22.7 Å². The molecule has 0 bridgehead atoms. The number of hydrogen-bond acceptors (Lipinski definition) is 5. The Morgan fingerprint density at radius 1 is 0.974 bits per heavy atom. The van der Waals surface area contributed by atoms with Gasteiger partial charge in [-0.25, -0.2) is 8.42 Å². The summed E-state index contributed by atoms with van der Waals surface area (Å²) in [5.74, 6) is -0.687. The highest BCUT2D eigenvalue weighted by Gasteiger charge is 2.33. The van der Waals surface area contributed by atoms with E-state index in [0.717, 1.165) is 21.7 Å². The molecule has 0 aliphatic rings. The highest BCUT2D eigenvalue weighted by molar-refractivity contribution is 7.92. The van der Waals surface area contributed by atoms with Crippen LogP contribution in [0.5, 0.6) is 5.75 Å². The van der Waals surface area contributed by atoms with Gasteiger partial charge in [0.05, 0.1) is 29.1 Å². The number of hydrogen-bond donors (Lipinski definition) is 1. The van der Waals surface area contributed by atoms with Crippen LogP contribution in [0.2, 0.25) is 10.0 Å². The van der Waals surface area contributed by atoms with Crippen molar-refractivity contribution in [2.24, 2.45) is 0 Å². The number of likely N-dealkylation sites (N-methyl/N-ethyl adjacent to an activating group) is 1. The maximum absolute atomic E-state index is 14.0. The molecule has 0 saturated carbocycles. The summed E-state index contributed by atoms with van der Waals surface area (Å²) >= 11 is 12.3. The number of aryl methyl sites for hydroxylation is 1. The van der Waals surface area contributed by atoms with Crippen molar-refractivity contribution in [3.63, 3.8) is 0 Å². The number of ether oxygens (including phenoxy) is 1. The zero-order valence-electron chi connectivity index (χ0n) is 22.1. The van der Waals surface area contributed by atoms with Gasteiger partial charge in [0.1, 0.15) is 18.3 Å². The SMILES string of the molecule is CNC(=O)[C@@H](Cc1ccccc1)N(Cc1ccc(Cl)c(Cl)c1)C(=O)CN(c1cc(C)ccc1OC)S(C)(=O)=O. The molecule has 8 nitrogen and oxygen atoms in total. The lowest BCUT2D eigenvalue weighted by molar-refractivity contribution is -0.139. The van der Waals surface area contributed by atoms with Gasteiger partial charge < -0.3 is 15.0 Å². The number of halogens is 2. The molecule has 1 atom stereocenters. The van der Waals surface area contributed by atoms with Gasteiger partial charge in [-0.3, -0.25) is 13.9 Å². The van der Waals surface area contributed by atoms with Crippen LogP contribution in [0.4, 0.5) is 5.69 Å². The molecule has 3 aromatic carbocycles. The smallest absolute Gasteiger partial charge is 0.244 e. The summed E-state index contributed by atoms with van der Waals surface area (Å²) in [7, 11) is -1.01. The van der Waals surface area contributed by atoms with Crippen molar-refractivity contribution in [1.29, 1.82) is 0 Å². The number of rotatable bonds is 11. The second-order valence-corrected chi connectivity index (χ2v) is 11.8. The van der Waals surface area contributed by atoms with Crippen LogP contribution in [-0.4, -0.2) is 58.1 Å². The van der Waals surface area contributed by atoms with Crippen molar-refractivity contribution >= 4 is 50.7 Å². The normalized spacial score (nSPS) is 11.9. The highest BCUT2D eigenvalue weighted by Crippen LogP contribution is 2.31. The van der Waals surface area contributed by atoms with Crippen LogP contribution in [0.25, 0.3) is 0 Å². The molecule has 0 aliphatic carbocycles. The molecule has 0 unspecified atom stereocenters. The molecule has 3 rings (SSSR count). The van der Waals surface area contributed by atoms with Gasteiger partial charge in [0.25, 0.3) is 0 Å². The fraction of sp³-hybridized carbons (Fsp3) is 0.286. The van der Waals surface area contributed by atoms with E-state index < -0.39 is 34.4 Å². The molecule has 0 spiro atoms. The molecule has 0 heterocycles. The number of nitrogens with zero attached hydrogens (tertiary/aromatic N) is 2. The Morgan fingerprint density at radius 2 is 1.67 bits per heavy atom. The predicted molar refractivity (Wildman–Crippen MR) is 155 cm³/mol. The van der Waals surface area contributed by atoms with Gasteiger partial charge in [0.2, 0.25) is 21.8 Å². The van der Waals surface area contributed by atoms with E-state index in [4.69, 9.17) is 27.9 Å². The summed E-state index contributed by atoms with van der Waals surface area (Å²) in [6.45, 7) is 1.24. The van der Waals surface area contributed by atoms with E-state index >= 15 is 0 Å². The molecular formula is C28H31Cl2N3O5S. The molecule has 3 aromatic rings. The molecule has 0 radical (unpaired) electrons. The number of carbonyl (C=O) groups excluding carboxylic acids is 2. The molecule has 1 N–H and O–H groups in total. The lowest BCUT2D eigenvalue weighted by atomic mass is 10.0. The summed E-state index contributed by atoms with van der Waals surface area (Å²) in [6, 6.07) is 18.3. The summed E-state index contributed by atoms with van der Waals surface area (Å²) in [4.78, 5) is 28.5. The van der Waals surface area contributed by atoms with E-state index in [1.807, 2.05) is 37.3 Å². The first-order valence-corrected chi connectivity index (χ1v) is 14.7. The highest BCUT2D eigenvalue weighted by atomic mass is 35.5. The zero-order valence-corrected chi connectivity index (χ0v) is 24.5. The van der Waals surface area contributed by atoms with Crippen LogP contribution in [0, 0.1) is 6.92 Å². The first-order valence-electron chi connectivity index (χ1n) is 12.1. The molecule has 0 fully saturated rings. The molecule has 0 aromatic heterocycles. The Balaban J connectivity index is 2.09. The van der Waals surface area contributed by atoms with E-state index in [0.29, 0.717) is 21.4 Å². The Bertz CT molecular complexity index is 1430. The van der Waals surface area contributed by atoms with Crippen molar-refractivity contribution in [3.05, 3.63) is 93.5 Å². The first-order chi connectivity index (χ1) is 18.4. The van der Waals surface area contributed by atoms with Gasteiger partial charge in [-0.1, -0.05) is 65.7 Å². The molecule has 2 amide bonds. The lowest BCUT2D eigenvalue weighted by Gasteiger charge is -2.33. The Hall–Kier alpha value is -3.27. The molecule has 39 heavy (non-hydrogen) atoms. The van der Waals surface area contributed by atoms with E-state index in [1.165, 1.54) is 19.1 Å². The molecule has 0 saturated heterocycles. The minimum atomic E-state index is -3.92. The number of benzene rings is 3. The van der Waals surface area contributed by atoms with Gasteiger partial charge in [-0.15, -0.1) is 0 Å². The van der Waals surface area contributed by atoms with Crippen molar-refractivity contribution in [1.82, 2.24) is 10.2 Å². The zero-order chi connectivity index (χ0) is 28.7. The third-order valence-electron chi connectivity index (χ3n) is 6.14. The number of sulfonamides is 1. The number of nitrogens with one attached hydrogen (secondary N) is 1. The Morgan fingerprint density at radius 3 is 2.26 bits per heavy atom.